The van der Waals surface area contributed by atoms with Gasteiger partial charge in [-0.25, -0.2) is 19.6 Å². The third-order valence-electron chi connectivity index (χ3n) is 1.21. The summed E-state index contributed by atoms with van der Waals surface area (Å²) < 4.78 is 0. The molecule has 0 atom stereocenters. The minimum absolute atomic E-state index is 0.562. The van der Waals surface area contributed by atoms with Crippen LogP contribution in [0.5, 0.6) is 0 Å². The highest BCUT2D eigenvalue weighted by Crippen LogP contribution is 2.22. The fraction of sp³-hybridized carbons (Fsp3) is 0.750. The highest BCUT2D eigenvalue weighted by Gasteiger charge is 1.90. The number of carbonyl (C=O) groups excluding carboxylic acids is 2. The van der Waals surface area contributed by atoms with Crippen LogP contribution in [0.2, 0.25) is 0 Å². The fourth-order valence-corrected chi connectivity index (χ4v) is 2.76. The van der Waals surface area contributed by atoms with Gasteiger partial charge in [-0.15, -0.1) is 0 Å². The molecule has 0 N–H and O–H groups in total. The van der Waals surface area contributed by atoms with Crippen molar-refractivity contribution in [2.45, 2.75) is 12.8 Å². The van der Waals surface area contributed by atoms with Gasteiger partial charge in [-0.05, 0) is 12.8 Å². The lowest BCUT2D eigenvalue weighted by Gasteiger charge is -1.97. The Balaban J connectivity index is 2.98. The van der Waals surface area contributed by atoms with E-state index in [-0.39, 0.29) is 0 Å². The lowest BCUT2D eigenvalue weighted by atomic mass is 10.5. The summed E-state index contributed by atoms with van der Waals surface area (Å²) in [4.78, 5) is 26.3. The van der Waals surface area contributed by atoms with E-state index in [1.54, 1.807) is 21.6 Å². The Hall–Kier alpha value is -0.540. The molecule has 0 aromatic heterocycles. The van der Waals surface area contributed by atoms with E-state index in [1.807, 2.05) is 0 Å². The summed E-state index contributed by atoms with van der Waals surface area (Å²) in [6, 6.07) is 0. The summed E-state index contributed by atoms with van der Waals surface area (Å²) >= 11 is 0. The van der Waals surface area contributed by atoms with Gasteiger partial charge in [-0.3, -0.25) is 0 Å². The van der Waals surface area contributed by atoms with Crippen LogP contribution in [0.4, 0.5) is 0 Å². The minimum atomic E-state index is 0.562. The molecular weight excluding hydrogens is 220 g/mol. The average Bonchev–Trinajstić information content (AvgIpc) is 2.21. The highest BCUT2D eigenvalue weighted by atomic mass is 33.1. The lowest BCUT2D eigenvalue weighted by molar-refractivity contribution is 0.562. The molecule has 0 saturated heterocycles. The first kappa shape index (κ1) is 13.5. The van der Waals surface area contributed by atoms with Crippen LogP contribution in [0, 0.1) is 0 Å². The molecule has 0 spiro atoms. The molecule has 0 aromatic rings. The Bertz CT molecular complexity index is 199. The molecule has 0 aromatic carbocycles. The molecule has 0 rings (SSSR count). The molecule has 78 valence electrons. The van der Waals surface area contributed by atoms with Gasteiger partial charge in [0.15, 0.2) is 0 Å². The Labute approximate surface area is 91.1 Å². The molecule has 0 saturated carbocycles. The normalized spacial score (nSPS) is 8.86. The van der Waals surface area contributed by atoms with Gasteiger partial charge in [0.25, 0.3) is 0 Å². The second kappa shape index (κ2) is 12.5. The lowest BCUT2D eigenvalue weighted by Crippen LogP contribution is -1.85. The van der Waals surface area contributed by atoms with Crippen LogP contribution in [0.15, 0.2) is 9.98 Å². The maximum absolute atomic E-state index is 9.69. The van der Waals surface area contributed by atoms with Crippen molar-refractivity contribution in [3.63, 3.8) is 0 Å². The maximum atomic E-state index is 9.69. The number of rotatable bonds is 9. The largest absolute Gasteiger partial charge is 0.234 e. The van der Waals surface area contributed by atoms with Gasteiger partial charge in [-0.1, -0.05) is 21.6 Å². The highest BCUT2D eigenvalue weighted by molar-refractivity contribution is 8.76. The third kappa shape index (κ3) is 11.5. The second-order valence-electron chi connectivity index (χ2n) is 2.30. The standard InChI is InChI=1S/C8H12N2O2S2/c11-7-9-3-1-5-13-14-6-2-4-10-8-12/h1-6H2. The molecule has 0 aliphatic rings. The zero-order valence-electron chi connectivity index (χ0n) is 7.77. The van der Waals surface area contributed by atoms with Crippen molar-refractivity contribution in [2.75, 3.05) is 24.6 Å². The molecule has 0 unspecified atom stereocenters. The molecule has 0 amide bonds. The van der Waals surface area contributed by atoms with Crippen molar-refractivity contribution in [1.29, 1.82) is 0 Å². The Morgan fingerprint density at radius 2 is 1.29 bits per heavy atom. The van der Waals surface area contributed by atoms with E-state index in [1.165, 1.54) is 12.2 Å². The van der Waals surface area contributed by atoms with Crippen molar-refractivity contribution in [3.8, 4) is 0 Å². The number of aliphatic imine (C=N–C) groups is 2. The first-order valence-electron chi connectivity index (χ1n) is 4.23. The average molecular weight is 232 g/mol. The SMILES string of the molecule is O=C=NCCCSSCCCN=C=O. The number of nitrogens with zero attached hydrogens (tertiary/aromatic N) is 2. The molecule has 0 fully saturated rings. The van der Waals surface area contributed by atoms with E-state index in [0.29, 0.717) is 13.1 Å². The predicted molar refractivity (Wildman–Crippen MR) is 60.1 cm³/mol. The fourth-order valence-electron chi connectivity index (χ4n) is 0.614. The van der Waals surface area contributed by atoms with Crippen molar-refractivity contribution >= 4 is 33.7 Å². The van der Waals surface area contributed by atoms with Crippen LogP contribution >= 0.6 is 21.6 Å². The van der Waals surface area contributed by atoms with Crippen molar-refractivity contribution in [1.82, 2.24) is 0 Å². The molecule has 6 heteroatoms. The molecule has 14 heavy (non-hydrogen) atoms. The Morgan fingerprint density at radius 3 is 1.64 bits per heavy atom. The quantitative estimate of drug-likeness (QED) is 0.263. The zero-order chi connectivity index (χ0) is 10.5. The Kier molecular flexibility index (Phi) is 12.0. The van der Waals surface area contributed by atoms with Crippen LogP contribution in [-0.4, -0.2) is 36.8 Å². The van der Waals surface area contributed by atoms with E-state index in [0.717, 1.165) is 24.3 Å². The van der Waals surface area contributed by atoms with Gasteiger partial charge in [0.05, 0.1) is 13.1 Å². The van der Waals surface area contributed by atoms with Crippen LogP contribution in [0.3, 0.4) is 0 Å². The second-order valence-corrected chi connectivity index (χ2v) is 5.00. The van der Waals surface area contributed by atoms with Crippen LogP contribution in [0.1, 0.15) is 12.8 Å². The molecule has 0 bridgehead atoms. The zero-order valence-corrected chi connectivity index (χ0v) is 9.40. The topological polar surface area (TPSA) is 58.9 Å². The minimum Gasteiger partial charge on any atom is -0.211 e. The molecule has 4 nitrogen and oxygen atoms in total. The summed E-state index contributed by atoms with van der Waals surface area (Å²) in [5.74, 6) is 1.96. The molecule has 0 aliphatic heterocycles. The maximum Gasteiger partial charge on any atom is 0.234 e. The molecular formula is C8H12N2O2S2. The van der Waals surface area contributed by atoms with Crippen molar-refractivity contribution in [3.05, 3.63) is 0 Å². The van der Waals surface area contributed by atoms with Gasteiger partial charge in [0.1, 0.15) is 0 Å². The molecule has 0 aliphatic carbocycles. The van der Waals surface area contributed by atoms with Crippen molar-refractivity contribution in [2.24, 2.45) is 9.98 Å². The van der Waals surface area contributed by atoms with Crippen LogP contribution in [0.25, 0.3) is 0 Å². The van der Waals surface area contributed by atoms with Gasteiger partial charge in [0, 0.05) is 11.5 Å². The molecule has 0 radical (unpaired) electrons. The first-order valence-corrected chi connectivity index (χ1v) is 6.72. The van der Waals surface area contributed by atoms with Gasteiger partial charge >= 0.3 is 0 Å². The van der Waals surface area contributed by atoms with Gasteiger partial charge in [-0.2, -0.15) is 0 Å². The number of hydrogen-bond acceptors (Lipinski definition) is 6. The van der Waals surface area contributed by atoms with Crippen molar-refractivity contribution < 1.29 is 9.59 Å². The first-order chi connectivity index (χ1) is 6.91. The smallest absolute Gasteiger partial charge is 0.211 e. The summed E-state index contributed by atoms with van der Waals surface area (Å²) in [5, 5.41) is 0. The van der Waals surface area contributed by atoms with E-state index < -0.39 is 0 Å². The monoisotopic (exact) mass is 232 g/mol. The molecule has 0 heterocycles. The van der Waals surface area contributed by atoms with Gasteiger partial charge < -0.3 is 0 Å². The Morgan fingerprint density at radius 1 is 0.857 bits per heavy atom. The number of isocyanates is 2. The summed E-state index contributed by atoms with van der Waals surface area (Å²) in [6.07, 6.45) is 4.81. The van der Waals surface area contributed by atoms with Crippen LogP contribution in [-0.2, 0) is 9.59 Å². The van der Waals surface area contributed by atoms with E-state index in [9.17, 15) is 9.59 Å². The van der Waals surface area contributed by atoms with Gasteiger partial charge in [0.2, 0.25) is 12.2 Å². The summed E-state index contributed by atoms with van der Waals surface area (Å²) in [6.45, 7) is 1.12. The van der Waals surface area contributed by atoms with E-state index in [4.69, 9.17) is 0 Å². The predicted octanol–water partition coefficient (Wildman–Crippen LogP) is 1.82. The van der Waals surface area contributed by atoms with Crippen LogP contribution < -0.4 is 0 Å². The summed E-state index contributed by atoms with van der Waals surface area (Å²) in [7, 11) is 3.50. The van der Waals surface area contributed by atoms with E-state index >= 15 is 0 Å². The summed E-state index contributed by atoms with van der Waals surface area (Å²) in [5.41, 5.74) is 0. The van der Waals surface area contributed by atoms with E-state index in [2.05, 4.69) is 9.98 Å². The number of hydrogen-bond donors (Lipinski definition) is 0. The third-order valence-corrected chi connectivity index (χ3v) is 3.78.